The molecule has 2 aliphatic heterocycles. The zero-order chi connectivity index (χ0) is 15.5. The van der Waals surface area contributed by atoms with Crippen molar-refractivity contribution in [2.45, 2.75) is 12.1 Å². The molecule has 116 valence electrons. The van der Waals surface area contributed by atoms with Gasteiger partial charge < -0.3 is 14.2 Å². The number of hydrogen-bond acceptors (Lipinski definition) is 5. The molecule has 0 spiro atoms. The van der Waals surface area contributed by atoms with Gasteiger partial charge in [0.15, 0.2) is 0 Å². The van der Waals surface area contributed by atoms with Gasteiger partial charge in [-0.2, -0.15) is 0 Å². The van der Waals surface area contributed by atoms with Gasteiger partial charge in [-0.05, 0) is 11.1 Å². The standard InChI is InChI=1S/C18H16N2O3/c1-3-7-13(8-4-1)15-11-21-17(19-15)23-18-20-16(12-22-18)14-9-5-2-6-10-14/h1-10,15-16H,11-12H2. The third-order valence-electron chi connectivity index (χ3n) is 3.80. The number of aliphatic imine (C=N–C) groups is 2. The van der Waals surface area contributed by atoms with Crippen molar-refractivity contribution in [3.05, 3.63) is 71.8 Å². The van der Waals surface area contributed by atoms with E-state index in [1.807, 2.05) is 60.7 Å². The van der Waals surface area contributed by atoms with E-state index in [-0.39, 0.29) is 24.3 Å². The van der Waals surface area contributed by atoms with Crippen LogP contribution in [-0.4, -0.2) is 25.4 Å². The number of rotatable bonds is 2. The summed E-state index contributed by atoms with van der Waals surface area (Å²) in [7, 11) is 0. The minimum atomic E-state index is -0.0434. The van der Waals surface area contributed by atoms with Gasteiger partial charge in [-0.1, -0.05) is 60.7 Å². The van der Waals surface area contributed by atoms with E-state index in [0.717, 1.165) is 11.1 Å². The van der Waals surface area contributed by atoms with Crippen LogP contribution in [0.5, 0.6) is 0 Å². The molecule has 5 nitrogen and oxygen atoms in total. The van der Waals surface area contributed by atoms with Gasteiger partial charge in [0.1, 0.15) is 25.3 Å². The molecule has 0 radical (unpaired) electrons. The number of benzene rings is 2. The first-order valence-electron chi connectivity index (χ1n) is 7.57. The Labute approximate surface area is 134 Å². The lowest BCUT2D eigenvalue weighted by Crippen LogP contribution is -2.12. The Morgan fingerprint density at radius 2 is 1.13 bits per heavy atom. The molecule has 0 bridgehead atoms. The van der Waals surface area contributed by atoms with E-state index in [0.29, 0.717) is 13.2 Å². The van der Waals surface area contributed by atoms with E-state index in [1.54, 1.807) is 0 Å². The lowest BCUT2D eigenvalue weighted by Gasteiger charge is -2.03. The number of nitrogens with zero attached hydrogens (tertiary/aromatic N) is 2. The van der Waals surface area contributed by atoms with E-state index >= 15 is 0 Å². The maximum atomic E-state index is 5.53. The minimum Gasteiger partial charge on any atom is -0.448 e. The molecule has 2 atom stereocenters. The molecule has 0 amide bonds. The van der Waals surface area contributed by atoms with Crippen LogP contribution in [0, 0.1) is 0 Å². The van der Waals surface area contributed by atoms with Crippen LogP contribution in [0.3, 0.4) is 0 Å². The van der Waals surface area contributed by atoms with Gasteiger partial charge in [0.05, 0.1) is 0 Å². The second-order valence-corrected chi connectivity index (χ2v) is 5.37. The number of ether oxygens (including phenoxy) is 3. The maximum absolute atomic E-state index is 5.53. The predicted molar refractivity (Wildman–Crippen MR) is 86.2 cm³/mol. The Bertz CT molecular complexity index is 665. The smallest absolute Gasteiger partial charge is 0.393 e. The van der Waals surface area contributed by atoms with E-state index in [1.165, 1.54) is 0 Å². The molecule has 5 heteroatoms. The Hall–Kier alpha value is -2.82. The van der Waals surface area contributed by atoms with Crippen molar-refractivity contribution in [1.29, 1.82) is 0 Å². The van der Waals surface area contributed by atoms with Crippen LogP contribution in [0.4, 0.5) is 0 Å². The summed E-state index contributed by atoms with van der Waals surface area (Å²) in [5, 5.41) is 0. The van der Waals surface area contributed by atoms with Crippen LogP contribution in [0.2, 0.25) is 0 Å². The van der Waals surface area contributed by atoms with Crippen LogP contribution < -0.4 is 0 Å². The summed E-state index contributed by atoms with van der Waals surface area (Å²) in [5.41, 5.74) is 2.20. The Balaban J connectivity index is 1.43. The van der Waals surface area contributed by atoms with Crippen LogP contribution in [0.15, 0.2) is 70.6 Å². The Morgan fingerprint density at radius 1 is 0.696 bits per heavy atom. The van der Waals surface area contributed by atoms with Gasteiger partial charge in [0, 0.05) is 0 Å². The number of hydrogen-bond donors (Lipinski definition) is 0. The van der Waals surface area contributed by atoms with E-state index < -0.39 is 0 Å². The fourth-order valence-corrected chi connectivity index (χ4v) is 2.58. The lowest BCUT2D eigenvalue weighted by molar-refractivity contribution is 0.204. The van der Waals surface area contributed by atoms with Crippen LogP contribution >= 0.6 is 0 Å². The van der Waals surface area contributed by atoms with E-state index in [2.05, 4.69) is 9.98 Å². The molecule has 4 rings (SSSR count). The minimum absolute atomic E-state index is 0.0434. The lowest BCUT2D eigenvalue weighted by atomic mass is 10.1. The summed E-state index contributed by atoms with van der Waals surface area (Å²) < 4.78 is 16.5. The molecule has 2 aliphatic rings. The largest absolute Gasteiger partial charge is 0.448 e. The van der Waals surface area contributed by atoms with E-state index in [9.17, 15) is 0 Å². The monoisotopic (exact) mass is 308 g/mol. The van der Waals surface area contributed by atoms with Crippen LogP contribution in [0.25, 0.3) is 0 Å². The first kappa shape index (κ1) is 13.8. The molecule has 0 aromatic heterocycles. The van der Waals surface area contributed by atoms with Crippen molar-refractivity contribution in [3.8, 4) is 0 Å². The molecule has 0 aliphatic carbocycles. The van der Waals surface area contributed by atoms with Gasteiger partial charge in [-0.15, -0.1) is 0 Å². The molecule has 2 heterocycles. The van der Waals surface area contributed by atoms with Gasteiger partial charge in [0.25, 0.3) is 0 Å². The molecule has 2 unspecified atom stereocenters. The molecule has 23 heavy (non-hydrogen) atoms. The van der Waals surface area contributed by atoms with Gasteiger partial charge in [-0.3, -0.25) is 0 Å². The van der Waals surface area contributed by atoms with Gasteiger partial charge in [-0.25, -0.2) is 9.98 Å². The topological polar surface area (TPSA) is 52.4 Å². The average molecular weight is 308 g/mol. The molecule has 2 aromatic rings. The molecular formula is C18H16N2O3. The Morgan fingerprint density at radius 3 is 1.57 bits per heavy atom. The summed E-state index contributed by atoms with van der Waals surface area (Å²) in [4.78, 5) is 8.86. The zero-order valence-electron chi connectivity index (χ0n) is 12.5. The quantitative estimate of drug-likeness (QED) is 0.855. The highest BCUT2D eigenvalue weighted by Crippen LogP contribution is 2.26. The first-order chi connectivity index (χ1) is 11.4. The van der Waals surface area contributed by atoms with Crippen LogP contribution in [0.1, 0.15) is 23.2 Å². The fraction of sp³-hybridized carbons (Fsp3) is 0.222. The second-order valence-electron chi connectivity index (χ2n) is 5.37. The van der Waals surface area contributed by atoms with E-state index in [4.69, 9.17) is 14.2 Å². The third-order valence-corrected chi connectivity index (χ3v) is 3.80. The zero-order valence-corrected chi connectivity index (χ0v) is 12.5. The van der Waals surface area contributed by atoms with Crippen molar-refractivity contribution in [2.24, 2.45) is 9.98 Å². The predicted octanol–water partition coefficient (Wildman–Crippen LogP) is 3.26. The van der Waals surface area contributed by atoms with Gasteiger partial charge in [0.2, 0.25) is 0 Å². The summed E-state index contributed by atoms with van der Waals surface area (Å²) in [6.45, 7) is 0.934. The highest BCUT2D eigenvalue weighted by atomic mass is 16.8. The Kier molecular flexibility index (Phi) is 3.68. The molecule has 0 saturated carbocycles. The second kappa shape index (κ2) is 6.12. The maximum Gasteiger partial charge on any atom is 0.393 e. The normalized spacial score (nSPS) is 22.8. The molecule has 0 N–H and O–H groups in total. The van der Waals surface area contributed by atoms with Crippen molar-refractivity contribution in [2.75, 3.05) is 13.2 Å². The molecule has 2 aromatic carbocycles. The summed E-state index contributed by atoms with van der Waals surface area (Å²) in [6.07, 6.45) is 0.428. The summed E-state index contributed by atoms with van der Waals surface area (Å²) >= 11 is 0. The van der Waals surface area contributed by atoms with Crippen LogP contribution in [-0.2, 0) is 14.2 Å². The summed E-state index contributed by atoms with van der Waals surface area (Å²) in [6, 6.07) is 19.9. The average Bonchev–Trinajstić information content (AvgIpc) is 3.27. The molecular weight excluding hydrogens is 292 g/mol. The fourth-order valence-electron chi connectivity index (χ4n) is 2.58. The summed E-state index contributed by atoms with van der Waals surface area (Å²) in [5.74, 6) is 0. The van der Waals surface area contributed by atoms with Crippen molar-refractivity contribution < 1.29 is 14.2 Å². The third kappa shape index (κ3) is 3.04. The highest BCUT2D eigenvalue weighted by Gasteiger charge is 2.27. The van der Waals surface area contributed by atoms with Gasteiger partial charge >= 0.3 is 12.2 Å². The van der Waals surface area contributed by atoms with Crippen molar-refractivity contribution in [1.82, 2.24) is 0 Å². The SMILES string of the molecule is c1ccc(C2COC(OC3=NC(c4ccccc4)CO3)=N2)cc1. The van der Waals surface area contributed by atoms with Crippen molar-refractivity contribution >= 4 is 12.2 Å². The van der Waals surface area contributed by atoms with Crippen molar-refractivity contribution in [3.63, 3.8) is 0 Å². The first-order valence-corrected chi connectivity index (χ1v) is 7.57. The molecule has 0 saturated heterocycles. The molecule has 0 fully saturated rings. The highest BCUT2D eigenvalue weighted by molar-refractivity contribution is 5.84.